The van der Waals surface area contributed by atoms with Crippen LogP contribution in [0.4, 0.5) is 5.69 Å². The maximum Gasteiger partial charge on any atom is 0.175 e. The van der Waals surface area contributed by atoms with Gasteiger partial charge in [-0.25, -0.2) is 0 Å². The Morgan fingerprint density at radius 1 is 1.27 bits per heavy atom. The molecule has 0 aromatic heterocycles. The summed E-state index contributed by atoms with van der Waals surface area (Å²) in [6.45, 7) is 5.21. The fourth-order valence-electron chi connectivity index (χ4n) is 2.16. The summed E-state index contributed by atoms with van der Waals surface area (Å²) < 4.78 is 11.9. The van der Waals surface area contributed by atoms with Gasteiger partial charge in [-0.2, -0.15) is 0 Å². The molecule has 118 valence electrons. The number of benzene rings is 2. The third-order valence-corrected chi connectivity index (χ3v) is 4.33. The smallest absolute Gasteiger partial charge is 0.175 e. The Bertz CT molecular complexity index is 661. The summed E-state index contributed by atoms with van der Waals surface area (Å²) in [6.07, 6.45) is 0. The van der Waals surface area contributed by atoms with Crippen LogP contribution in [0.2, 0.25) is 5.02 Å². The summed E-state index contributed by atoms with van der Waals surface area (Å²) in [7, 11) is 1.64. The van der Waals surface area contributed by atoms with Gasteiger partial charge in [0, 0.05) is 17.3 Å². The summed E-state index contributed by atoms with van der Waals surface area (Å²) in [6, 6.07) is 9.84. The molecule has 0 radical (unpaired) electrons. The molecule has 0 aliphatic carbocycles. The van der Waals surface area contributed by atoms with E-state index in [1.807, 2.05) is 44.2 Å². The molecule has 0 saturated heterocycles. The van der Waals surface area contributed by atoms with Crippen LogP contribution in [0.5, 0.6) is 11.5 Å². The van der Waals surface area contributed by atoms with Crippen LogP contribution in [0, 0.1) is 6.92 Å². The molecule has 0 spiro atoms. The van der Waals surface area contributed by atoms with E-state index in [2.05, 4.69) is 21.2 Å². The van der Waals surface area contributed by atoms with Gasteiger partial charge in [0.15, 0.2) is 11.5 Å². The molecule has 2 aromatic carbocycles. The van der Waals surface area contributed by atoms with Crippen LogP contribution in [-0.2, 0) is 6.54 Å². The van der Waals surface area contributed by atoms with E-state index >= 15 is 0 Å². The van der Waals surface area contributed by atoms with E-state index in [4.69, 9.17) is 21.1 Å². The zero-order valence-electron chi connectivity index (χ0n) is 12.9. The average Bonchev–Trinajstić information content (AvgIpc) is 2.51. The lowest BCUT2D eigenvalue weighted by Gasteiger charge is -2.15. The SMILES string of the molecule is CCOc1c(Br)cc(CNc2cccc(Cl)c2C)cc1OC. The predicted octanol–water partition coefficient (Wildman–Crippen LogP) is 5.43. The fourth-order valence-corrected chi connectivity index (χ4v) is 2.93. The largest absolute Gasteiger partial charge is 0.493 e. The predicted molar refractivity (Wildman–Crippen MR) is 95.4 cm³/mol. The minimum atomic E-state index is 0.592. The highest BCUT2D eigenvalue weighted by atomic mass is 79.9. The quantitative estimate of drug-likeness (QED) is 0.720. The van der Waals surface area contributed by atoms with Crippen LogP contribution < -0.4 is 14.8 Å². The van der Waals surface area contributed by atoms with Crippen LogP contribution in [0.15, 0.2) is 34.8 Å². The first-order valence-electron chi connectivity index (χ1n) is 7.05. The Hall–Kier alpha value is -1.39. The molecule has 5 heteroatoms. The molecule has 0 aliphatic rings. The van der Waals surface area contributed by atoms with E-state index in [1.54, 1.807) is 7.11 Å². The molecule has 0 aliphatic heterocycles. The number of nitrogens with one attached hydrogen (secondary N) is 1. The molecule has 0 fully saturated rings. The fraction of sp³-hybridized carbons (Fsp3) is 0.294. The van der Waals surface area contributed by atoms with E-state index < -0.39 is 0 Å². The van der Waals surface area contributed by atoms with E-state index in [0.29, 0.717) is 13.2 Å². The minimum Gasteiger partial charge on any atom is -0.493 e. The first kappa shape index (κ1) is 17.0. The van der Waals surface area contributed by atoms with Crippen molar-refractivity contribution in [1.29, 1.82) is 0 Å². The number of halogens is 2. The molecular formula is C17H19BrClNO2. The van der Waals surface area contributed by atoms with Gasteiger partial charge >= 0.3 is 0 Å². The van der Waals surface area contributed by atoms with Gasteiger partial charge < -0.3 is 14.8 Å². The van der Waals surface area contributed by atoms with Crippen LogP contribution in [0.1, 0.15) is 18.1 Å². The minimum absolute atomic E-state index is 0.592. The highest BCUT2D eigenvalue weighted by molar-refractivity contribution is 9.10. The number of ether oxygens (including phenoxy) is 2. The van der Waals surface area contributed by atoms with E-state index in [0.717, 1.165) is 37.8 Å². The lowest BCUT2D eigenvalue weighted by molar-refractivity contribution is 0.308. The zero-order chi connectivity index (χ0) is 16.1. The number of anilines is 1. The molecule has 0 saturated carbocycles. The van der Waals surface area contributed by atoms with Gasteiger partial charge in [-0.1, -0.05) is 17.7 Å². The molecule has 0 unspecified atom stereocenters. The Labute approximate surface area is 144 Å². The highest BCUT2D eigenvalue weighted by Gasteiger charge is 2.11. The molecule has 0 amide bonds. The lowest BCUT2D eigenvalue weighted by atomic mass is 10.1. The van der Waals surface area contributed by atoms with Crippen molar-refractivity contribution < 1.29 is 9.47 Å². The Kier molecular flexibility index (Phi) is 5.98. The second-order valence-corrected chi connectivity index (χ2v) is 6.07. The molecule has 0 atom stereocenters. The van der Waals surface area contributed by atoms with Gasteiger partial charge in [-0.15, -0.1) is 0 Å². The van der Waals surface area contributed by atoms with Crippen molar-refractivity contribution in [3.05, 3.63) is 51.0 Å². The number of methoxy groups -OCH3 is 1. The molecule has 2 rings (SSSR count). The van der Waals surface area contributed by atoms with Crippen LogP contribution in [-0.4, -0.2) is 13.7 Å². The maximum absolute atomic E-state index is 6.14. The third kappa shape index (κ3) is 3.87. The summed E-state index contributed by atoms with van der Waals surface area (Å²) in [5.74, 6) is 1.45. The zero-order valence-corrected chi connectivity index (χ0v) is 15.2. The van der Waals surface area contributed by atoms with E-state index in [1.165, 1.54) is 0 Å². The van der Waals surface area contributed by atoms with Gasteiger partial charge in [0.05, 0.1) is 18.2 Å². The van der Waals surface area contributed by atoms with E-state index in [-0.39, 0.29) is 0 Å². The molecular weight excluding hydrogens is 366 g/mol. The third-order valence-electron chi connectivity index (χ3n) is 3.33. The van der Waals surface area contributed by atoms with Gasteiger partial charge in [-0.3, -0.25) is 0 Å². The van der Waals surface area contributed by atoms with Crippen molar-refractivity contribution in [2.24, 2.45) is 0 Å². The number of rotatable bonds is 6. The van der Waals surface area contributed by atoms with Crippen LogP contribution in [0.25, 0.3) is 0 Å². The van der Waals surface area contributed by atoms with E-state index in [9.17, 15) is 0 Å². The van der Waals surface area contributed by atoms with Gasteiger partial charge in [0.2, 0.25) is 0 Å². The normalized spacial score (nSPS) is 10.4. The van der Waals surface area contributed by atoms with Crippen molar-refractivity contribution in [2.75, 3.05) is 19.0 Å². The first-order valence-corrected chi connectivity index (χ1v) is 8.22. The summed E-state index contributed by atoms with van der Waals surface area (Å²) >= 11 is 9.68. The first-order chi connectivity index (χ1) is 10.6. The lowest BCUT2D eigenvalue weighted by Crippen LogP contribution is -2.03. The monoisotopic (exact) mass is 383 g/mol. The van der Waals surface area contributed by atoms with Crippen molar-refractivity contribution in [3.8, 4) is 11.5 Å². The molecule has 0 bridgehead atoms. The van der Waals surface area contributed by atoms with Gasteiger partial charge in [0.25, 0.3) is 0 Å². The molecule has 2 aromatic rings. The highest BCUT2D eigenvalue weighted by Crippen LogP contribution is 2.37. The number of hydrogen-bond donors (Lipinski definition) is 1. The maximum atomic E-state index is 6.14. The van der Waals surface area contributed by atoms with Crippen LogP contribution in [0.3, 0.4) is 0 Å². The topological polar surface area (TPSA) is 30.5 Å². The molecule has 0 heterocycles. The number of hydrogen-bond acceptors (Lipinski definition) is 3. The van der Waals surface area contributed by atoms with Crippen molar-refractivity contribution >= 4 is 33.2 Å². The standard InChI is InChI=1S/C17H19BrClNO2/c1-4-22-17-13(18)8-12(9-16(17)21-3)10-20-15-7-5-6-14(19)11(15)2/h5-9,20H,4,10H2,1-3H3. The van der Waals surface area contributed by atoms with Crippen LogP contribution >= 0.6 is 27.5 Å². The van der Waals surface area contributed by atoms with Crippen molar-refractivity contribution in [3.63, 3.8) is 0 Å². The average molecular weight is 385 g/mol. The van der Waals surface area contributed by atoms with Gasteiger partial charge in [-0.05, 0) is 65.2 Å². The Morgan fingerprint density at radius 3 is 2.73 bits per heavy atom. The van der Waals surface area contributed by atoms with Crippen molar-refractivity contribution in [2.45, 2.75) is 20.4 Å². The van der Waals surface area contributed by atoms with Gasteiger partial charge in [0.1, 0.15) is 0 Å². The Morgan fingerprint density at radius 2 is 2.05 bits per heavy atom. The summed E-state index contributed by atoms with van der Waals surface area (Å²) in [5, 5.41) is 4.16. The van der Waals surface area contributed by atoms with Crippen molar-refractivity contribution in [1.82, 2.24) is 0 Å². The molecule has 22 heavy (non-hydrogen) atoms. The second kappa shape index (κ2) is 7.75. The summed E-state index contributed by atoms with van der Waals surface area (Å²) in [5.41, 5.74) is 3.16. The summed E-state index contributed by atoms with van der Waals surface area (Å²) in [4.78, 5) is 0. The molecule has 3 nitrogen and oxygen atoms in total. The second-order valence-electron chi connectivity index (χ2n) is 4.81. The Balaban J connectivity index is 2.20. The molecule has 1 N–H and O–H groups in total.